The summed E-state index contributed by atoms with van der Waals surface area (Å²) in [6.45, 7) is 0. The Hall–Kier alpha value is -1.11. The van der Waals surface area contributed by atoms with E-state index < -0.39 is 15.8 Å². The standard InChI is InChI=1S/C10H7ClFNO2S2/c11-9-5-6-10(16-9)17(14,15)13-8-3-1-7(12)2-4-8/h1-6,13H. The second kappa shape index (κ2) is 4.64. The molecular weight excluding hydrogens is 285 g/mol. The number of anilines is 1. The van der Waals surface area contributed by atoms with Crippen molar-refractivity contribution in [2.45, 2.75) is 4.21 Å². The van der Waals surface area contributed by atoms with Crippen LogP contribution in [0.1, 0.15) is 0 Å². The molecule has 0 radical (unpaired) electrons. The monoisotopic (exact) mass is 291 g/mol. The van der Waals surface area contributed by atoms with Crippen LogP contribution in [0.5, 0.6) is 0 Å². The second-order valence-corrected chi connectivity index (χ2v) is 6.80. The van der Waals surface area contributed by atoms with Crippen LogP contribution in [0, 0.1) is 5.82 Å². The van der Waals surface area contributed by atoms with Gasteiger partial charge in [-0.25, -0.2) is 12.8 Å². The second-order valence-electron chi connectivity index (χ2n) is 3.17. The Morgan fingerprint density at radius 1 is 1.12 bits per heavy atom. The van der Waals surface area contributed by atoms with Gasteiger partial charge < -0.3 is 0 Å². The maximum atomic E-state index is 12.7. The maximum Gasteiger partial charge on any atom is 0.271 e. The lowest BCUT2D eigenvalue weighted by Crippen LogP contribution is -2.11. The lowest BCUT2D eigenvalue weighted by Gasteiger charge is -2.05. The highest BCUT2D eigenvalue weighted by Crippen LogP contribution is 2.27. The molecule has 1 aromatic heterocycles. The Balaban J connectivity index is 2.26. The van der Waals surface area contributed by atoms with Crippen molar-refractivity contribution in [3.8, 4) is 0 Å². The number of rotatable bonds is 3. The number of sulfonamides is 1. The Morgan fingerprint density at radius 3 is 2.29 bits per heavy atom. The van der Waals surface area contributed by atoms with E-state index >= 15 is 0 Å². The molecule has 0 saturated heterocycles. The van der Waals surface area contributed by atoms with Gasteiger partial charge in [0.15, 0.2) is 0 Å². The normalized spacial score (nSPS) is 11.4. The maximum absolute atomic E-state index is 12.7. The number of thiophene rings is 1. The summed E-state index contributed by atoms with van der Waals surface area (Å²) < 4.78 is 39.2. The fourth-order valence-corrected chi connectivity index (χ4v) is 3.71. The zero-order valence-corrected chi connectivity index (χ0v) is 10.7. The third-order valence-electron chi connectivity index (χ3n) is 1.91. The average molecular weight is 292 g/mol. The molecule has 0 bridgehead atoms. The van der Waals surface area contributed by atoms with Crippen LogP contribution < -0.4 is 4.72 Å². The summed E-state index contributed by atoms with van der Waals surface area (Å²) in [6.07, 6.45) is 0. The van der Waals surface area contributed by atoms with Crippen molar-refractivity contribution in [2.24, 2.45) is 0 Å². The zero-order chi connectivity index (χ0) is 12.5. The van der Waals surface area contributed by atoms with Crippen molar-refractivity contribution >= 4 is 38.6 Å². The molecule has 90 valence electrons. The molecule has 0 aliphatic rings. The summed E-state index contributed by atoms with van der Waals surface area (Å²) in [5.41, 5.74) is 0.302. The van der Waals surface area contributed by atoms with Gasteiger partial charge in [-0.2, -0.15) is 0 Å². The van der Waals surface area contributed by atoms with E-state index in [-0.39, 0.29) is 4.21 Å². The van der Waals surface area contributed by atoms with Gasteiger partial charge in [0.1, 0.15) is 10.0 Å². The molecule has 1 aromatic carbocycles. The SMILES string of the molecule is O=S(=O)(Nc1ccc(F)cc1)c1ccc(Cl)s1. The molecule has 0 aliphatic carbocycles. The average Bonchev–Trinajstić information content (AvgIpc) is 2.69. The van der Waals surface area contributed by atoms with Crippen molar-refractivity contribution in [3.63, 3.8) is 0 Å². The fraction of sp³-hybridized carbons (Fsp3) is 0. The van der Waals surface area contributed by atoms with Crippen molar-refractivity contribution < 1.29 is 12.8 Å². The van der Waals surface area contributed by atoms with E-state index in [1.807, 2.05) is 0 Å². The summed E-state index contributed by atoms with van der Waals surface area (Å²) in [4.78, 5) is 0. The van der Waals surface area contributed by atoms with Crippen LogP contribution in [0.25, 0.3) is 0 Å². The Morgan fingerprint density at radius 2 is 1.76 bits per heavy atom. The largest absolute Gasteiger partial charge is 0.279 e. The molecule has 0 saturated carbocycles. The van der Waals surface area contributed by atoms with Gasteiger partial charge in [0.25, 0.3) is 10.0 Å². The number of halogens is 2. The Kier molecular flexibility index (Phi) is 3.37. The van der Waals surface area contributed by atoms with Crippen LogP contribution >= 0.6 is 22.9 Å². The lowest BCUT2D eigenvalue weighted by atomic mass is 10.3. The smallest absolute Gasteiger partial charge is 0.271 e. The van der Waals surface area contributed by atoms with E-state index in [0.29, 0.717) is 10.0 Å². The Bertz CT molecular complexity index is 622. The molecule has 0 spiro atoms. The molecule has 1 heterocycles. The van der Waals surface area contributed by atoms with Crippen molar-refractivity contribution in [3.05, 3.63) is 46.6 Å². The molecule has 17 heavy (non-hydrogen) atoms. The summed E-state index contributed by atoms with van der Waals surface area (Å²) >= 11 is 6.62. The minimum Gasteiger partial charge on any atom is -0.279 e. The molecule has 7 heteroatoms. The first-order valence-electron chi connectivity index (χ1n) is 4.51. The predicted molar refractivity (Wildman–Crippen MR) is 66.5 cm³/mol. The van der Waals surface area contributed by atoms with E-state index in [2.05, 4.69) is 4.72 Å². The first-order valence-corrected chi connectivity index (χ1v) is 7.19. The number of benzene rings is 1. The van der Waals surface area contributed by atoms with Crippen LogP contribution in [0.2, 0.25) is 4.34 Å². The molecule has 0 aliphatic heterocycles. The third kappa shape index (κ3) is 2.96. The molecule has 0 atom stereocenters. The van der Waals surface area contributed by atoms with Gasteiger partial charge in [0.05, 0.1) is 4.34 Å². The van der Waals surface area contributed by atoms with E-state index in [1.165, 1.54) is 36.4 Å². The van der Waals surface area contributed by atoms with E-state index in [4.69, 9.17) is 11.6 Å². The zero-order valence-electron chi connectivity index (χ0n) is 8.35. The van der Waals surface area contributed by atoms with Gasteiger partial charge >= 0.3 is 0 Å². The minimum absolute atomic E-state index is 0.117. The molecular formula is C10H7ClFNO2S2. The molecule has 0 fully saturated rings. The first-order chi connectivity index (χ1) is 7.97. The first kappa shape index (κ1) is 12.3. The number of hydrogen-bond donors (Lipinski definition) is 1. The van der Waals surface area contributed by atoms with E-state index in [9.17, 15) is 12.8 Å². The Labute approximate surface area is 107 Å². The van der Waals surface area contributed by atoms with Crippen molar-refractivity contribution in [1.82, 2.24) is 0 Å². The van der Waals surface area contributed by atoms with Crippen LogP contribution in [0.4, 0.5) is 10.1 Å². The predicted octanol–water partition coefficient (Wildman–Crippen LogP) is 3.34. The highest BCUT2D eigenvalue weighted by atomic mass is 35.5. The minimum atomic E-state index is -3.64. The van der Waals surface area contributed by atoms with E-state index in [0.717, 1.165) is 11.3 Å². The lowest BCUT2D eigenvalue weighted by molar-refractivity contribution is 0.603. The van der Waals surface area contributed by atoms with Gasteiger partial charge in [-0.05, 0) is 36.4 Å². The third-order valence-corrected chi connectivity index (χ3v) is 5.01. The highest BCUT2D eigenvalue weighted by Gasteiger charge is 2.16. The van der Waals surface area contributed by atoms with Gasteiger partial charge in [-0.3, -0.25) is 4.72 Å². The van der Waals surface area contributed by atoms with Crippen molar-refractivity contribution in [1.29, 1.82) is 0 Å². The fourth-order valence-electron chi connectivity index (χ4n) is 1.17. The summed E-state index contributed by atoms with van der Waals surface area (Å²) in [6, 6.07) is 7.98. The van der Waals surface area contributed by atoms with Gasteiger partial charge in [0.2, 0.25) is 0 Å². The van der Waals surface area contributed by atoms with E-state index in [1.54, 1.807) is 0 Å². The van der Waals surface area contributed by atoms with Crippen LogP contribution in [0.15, 0.2) is 40.6 Å². The molecule has 2 aromatic rings. The van der Waals surface area contributed by atoms with Crippen LogP contribution in [-0.2, 0) is 10.0 Å². The van der Waals surface area contributed by atoms with Gasteiger partial charge in [-0.1, -0.05) is 11.6 Å². The topological polar surface area (TPSA) is 46.2 Å². The molecule has 0 unspecified atom stereocenters. The van der Waals surface area contributed by atoms with Crippen LogP contribution in [-0.4, -0.2) is 8.42 Å². The molecule has 3 nitrogen and oxygen atoms in total. The summed E-state index contributed by atoms with van der Waals surface area (Å²) in [5, 5.41) is 0. The quantitative estimate of drug-likeness (QED) is 0.943. The molecule has 1 N–H and O–H groups in total. The van der Waals surface area contributed by atoms with Gasteiger partial charge in [-0.15, -0.1) is 11.3 Å². The number of nitrogens with one attached hydrogen (secondary N) is 1. The summed E-state index contributed by atoms with van der Waals surface area (Å²) in [5.74, 6) is -0.424. The molecule has 2 rings (SSSR count). The number of hydrogen-bond acceptors (Lipinski definition) is 3. The highest BCUT2D eigenvalue weighted by molar-refractivity contribution is 7.94. The summed E-state index contributed by atoms with van der Waals surface area (Å²) in [7, 11) is -3.64. The molecule has 0 amide bonds. The van der Waals surface area contributed by atoms with Gasteiger partial charge in [0, 0.05) is 5.69 Å². The van der Waals surface area contributed by atoms with Crippen LogP contribution in [0.3, 0.4) is 0 Å². The van der Waals surface area contributed by atoms with Crippen molar-refractivity contribution in [2.75, 3.05) is 4.72 Å².